The van der Waals surface area contributed by atoms with Gasteiger partial charge in [-0.1, -0.05) is 20.8 Å². The monoisotopic (exact) mass is 461 g/mol. The fraction of sp³-hybridized carbons (Fsp3) is 0.824. The van der Waals surface area contributed by atoms with Crippen molar-refractivity contribution in [3.63, 3.8) is 0 Å². The molecule has 1 rings (SSSR count). The second kappa shape index (κ2) is 8.10. The quantitative estimate of drug-likeness (QED) is 0.330. The van der Waals surface area contributed by atoms with E-state index in [0.29, 0.717) is 0 Å². The molecule has 0 saturated heterocycles. The van der Waals surface area contributed by atoms with Crippen LogP contribution in [-0.4, -0.2) is 45.1 Å². The van der Waals surface area contributed by atoms with Crippen LogP contribution in [0, 0.1) is 0 Å². The van der Waals surface area contributed by atoms with Crippen molar-refractivity contribution in [1.82, 2.24) is 4.90 Å². The van der Waals surface area contributed by atoms with Crippen LogP contribution in [-0.2, 0) is 23.5 Å². The van der Waals surface area contributed by atoms with Crippen molar-refractivity contribution in [1.29, 1.82) is 0 Å². The maximum absolute atomic E-state index is 12.8. The van der Waals surface area contributed by atoms with Crippen molar-refractivity contribution in [3.8, 4) is 0 Å². The molecular formula is C17H30F3NO6SSi. The number of allylic oxidation sites excluding steroid dienone is 1. The lowest BCUT2D eigenvalue weighted by molar-refractivity contribution is -0.0607. The lowest BCUT2D eigenvalue weighted by atomic mass is 10.2. The number of nitrogens with zero attached hydrogens (tertiary/aromatic N) is 1. The Bertz CT molecular complexity index is 751. The van der Waals surface area contributed by atoms with E-state index in [1.165, 1.54) is 0 Å². The normalized spacial score (nSPS) is 19.6. The number of hydrogen-bond donors (Lipinski definition) is 0. The van der Waals surface area contributed by atoms with Crippen LogP contribution in [0.25, 0.3) is 0 Å². The van der Waals surface area contributed by atoms with Gasteiger partial charge in [0.25, 0.3) is 0 Å². The van der Waals surface area contributed by atoms with Crippen LogP contribution in [0.1, 0.15) is 54.4 Å². The minimum Gasteiger partial charge on any atom is -0.443 e. The van der Waals surface area contributed by atoms with E-state index in [4.69, 9.17) is 9.16 Å². The van der Waals surface area contributed by atoms with E-state index in [0.717, 1.165) is 11.0 Å². The van der Waals surface area contributed by atoms with Crippen molar-refractivity contribution < 1.29 is 39.7 Å². The molecule has 1 aliphatic rings. The first kappa shape index (κ1) is 25.8. The molecule has 0 spiro atoms. The summed E-state index contributed by atoms with van der Waals surface area (Å²) in [5, 5.41) is -0.257. The third-order valence-electron chi connectivity index (χ3n) is 4.56. The predicted octanol–water partition coefficient (Wildman–Crippen LogP) is 5.07. The van der Waals surface area contributed by atoms with Gasteiger partial charge in [-0.15, -0.1) is 0 Å². The maximum Gasteiger partial charge on any atom is 0.534 e. The van der Waals surface area contributed by atoms with Crippen LogP contribution in [0.4, 0.5) is 18.0 Å². The smallest absolute Gasteiger partial charge is 0.443 e. The zero-order chi connectivity index (χ0) is 23.1. The molecule has 170 valence electrons. The summed E-state index contributed by atoms with van der Waals surface area (Å²) < 4.78 is 77.2. The van der Waals surface area contributed by atoms with E-state index in [1.54, 1.807) is 20.8 Å². The van der Waals surface area contributed by atoms with Gasteiger partial charge in [0.2, 0.25) is 5.88 Å². The lowest BCUT2D eigenvalue weighted by Gasteiger charge is -2.43. The summed E-state index contributed by atoms with van der Waals surface area (Å²) in [7, 11) is -8.43. The number of rotatable bonds is 4. The second-order valence-corrected chi connectivity index (χ2v) is 15.6. The molecule has 1 aliphatic heterocycles. The molecule has 0 aromatic rings. The maximum atomic E-state index is 12.8. The molecular weight excluding hydrogens is 431 g/mol. The van der Waals surface area contributed by atoms with Crippen LogP contribution in [0.2, 0.25) is 18.1 Å². The van der Waals surface area contributed by atoms with Crippen LogP contribution in [0.15, 0.2) is 12.0 Å². The standard InChI is InChI=1S/C17H30F3NO6SSi/c1-15(2,3)25-14(22)21-12(26-28(23,24)17(18,19)20)10-9-11-13(21)27-29(7,8)16(4,5)6/h10,13H,9,11H2,1-8H3. The fourth-order valence-electron chi connectivity index (χ4n) is 2.10. The average Bonchev–Trinajstić information content (AvgIpc) is 2.41. The number of amides is 1. The Morgan fingerprint density at radius 1 is 1.14 bits per heavy atom. The number of halogens is 3. The second-order valence-electron chi connectivity index (χ2n) is 9.29. The van der Waals surface area contributed by atoms with E-state index < -0.39 is 47.7 Å². The molecule has 0 bridgehead atoms. The highest BCUT2D eigenvalue weighted by Crippen LogP contribution is 2.40. The first-order valence-corrected chi connectivity index (χ1v) is 13.4. The van der Waals surface area contributed by atoms with Crippen LogP contribution >= 0.6 is 0 Å². The SMILES string of the molecule is CC(C)(C)OC(=O)N1C(OS(=O)(=O)C(F)(F)F)=CCCC1O[Si](C)(C)C(C)(C)C. The zero-order valence-corrected chi connectivity index (χ0v) is 19.8. The molecule has 0 radical (unpaired) electrons. The largest absolute Gasteiger partial charge is 0.534 e. The summed E-state index contributed by atoms with van der Waals surface area (Å²) in [5.41, 5.74) is -6.61. The van der Waals surface area contributed by atoms with Gasteiger partial charge >= 0.3 is 21.7 Å². The van der Waals surface area contributed by atoms with Gasteiger partial charge in [-0.3, -0.25) is 0 Å². The van der Waals surface area contributed by atoms with Gasteiger partial charge in [0.1, 0.15) is 11.8 Å². The first-order valence-electron chi connectivity index (χ1n) is 9.09. The van der Waals surface area contributed by atoms with Gasteiger partial charge in [0.15, 0.2) is 8.32 Å². The highest BCUT2D eigenvalue weighted by atomic mass is 32.2. The third kappa shape index (κ3) is 6.61. The topological polar surface area (TPSA) is 82.1 Å². The molecule has 0 saturated carbocycles. The highest BCUT2D eigenvalue weighted by Gasteiger charge is 2.51. The Hall–Kier alpha value is -1.27. The van der Waals surface area contributed by atoms with Crippen LogP contribution in [0.5, 0.6) is 0 Å². The summed E-state index contributed by atoms with van der Waals surface area (Å²) in [6.07, 6.45) is -0.538. The molecule has 7 nitrogen and oxygen atoms in total. The minimum atomic E-state index is -5.96. The molecule has 0 aromatic carbocycles. The lowest BCUT2D eigenvalue weighted by Crippen LogP contribution is -2.53. The Morgan fingerprint density at radius 2 is 1.66 bits per heavy atom. The van der Waals surface area contributed by atoms with Gasteiger partial charge in [-0.05, 0) is 57.8 Å². The van der Waals surface area contributed by atoms with Crippen molar-refractivity contribution in [2.75, 3.05) is 0 Å². The molecule has 1 amide bonds. The van der Waals surface area contributed by atoms with Gasteiger partial charge in [-0.25, -0.2) is 9.69 Å². The molecule has 1 heterocycles. The number of carbonyl (C=O) groups is 1. The summed E-state index contributed by atoms with van der Waals surface area (Å²) in [5.74, 6) is -0.772. The van der Waals surface area contributed by atoms with E-state index in [9.17, 15) is 26.4 Å². The Labute approximate surface area is 171 Å². The van der Waals surface area contributed by atoms with Crippen molar-refractivity contribution in [2.24, 2.45) is 0 Å². The van der Waals surface area contributed by atoms with E-state index in [1.807, 2.05) is 33.9 Å². The van der Waals surface area contributed by atoms with Crippen molar-refractivity contribution >= 4 is 24.5 Å². The van der Waals surface area contributed by atoms with Crippen molar-refractivity contribution in [2.45, 2.75) is 89.9 Å². The number of carbonyl (C=O) groups excluding carboxylic acids is 1. The molecule has 0 aromatic heterocycles. The summed E-state index contributed by atoms with van der Waals surface area (Å²) in [6, 6.07) is 0. The molecule has 0 N–H and O–H groups in total. The Kier molecular flexibility index (Phi) is 7.20. The van der Waals surface area contributed by atoms with Crippen molar-refractivity contribution in [3.05, 3.63) is 12.0 Å². The number of hydrogen-bond acceptors (Lipinski definition) is 6. The molecule has 0 fully saturated rings. The number of alkyl halides is 3. The summed E-state index contributed by atoms with van der Waals surface area (Å²) >= 11 is 0. The van der Waals surface area contributed by atoms with Gasteiger partial charge < -0.3 is 13.3 Å². The first-order chi connectivity index (χ1) is 12.7. The molecule has 29 heavy (non-hydrogen) atoms. The molecule has 12 heteroatoms. The molecule has 1 unspecified atom stereocenters. The molecule has 1 atom stereocenters. The van der Waals surface area contributed by atoms with Crippen LogP contribution in [0.3, 0.4) is 0 Å². The average molecular weight is 462 g/mol. The fourth-order valence-corrected chi connectivity index (χ4v) is 3.82. The van der Waals surface area contributed by atoms with E-state index in [-0.39, 0.29) is 17.9 Å². The van der Waals surface area contributed by atoms with Crippen LogP contribution < -0.4 is 0 Å². The predicted molar refractivity (Wildman–Crippen MR) is 104 cm³/mol. The number of ether oxygens (including phenoxy) is 1. The third-order valence-corrected chi connectivity index (χ3v) is 9.99. The molecule has 0 aliphatic carbocycles. The zero-order valence-electron chi connectivity index (χ0n) is 18.0. The summed E-state index contributed by atoms with van der Waals surface area (Å²) in [4.78, 5) is 13.5. The van der Waals surface area contributed by atoms with Gasteiger partial charge in [0, 0.05) is 0 Å². The Morgan fingerprint density at radius 3 is 2.07 bits per heavy atom. The van der Waals surface area contributed by atoms with Gasteiger partial charge in [-0.2, -0.15) is 21.6 Å². The minimum absolute atomic E-state index is 0.168. The van der Waals surface area contributed by atoms with E-state index in [2.05, 4.69) is 4.18 Å². The van der Waals surface area contributed by atoms with E-state index >= 15 is 0 Å². The Balaban J connectivity index is 3.34. The highest BCUT2D eigenvalue weighted by molar-refractivity contribution is 7.87. The van der Waals surface area contributed by atoms with Gasteiger partial charge in [0.05, 0.1) is 0 Å². The summed E-state index contributed by atoms with van der Waals surface area (Å²) in [6.45, 7) is 14.4.